The monoisotopic (exact) mass is 285 g/mol. The predicted octanol–water partition coefficient (Wildman–Crippen LogP) is 3.10. The molecule has 0 heterocycles. The summed E-state index contributed by atoms with van der Waals surface area (Å²) in [5, 5.41) is 11.8. The van der Waals surface area contributed by atoms with Crippen LogP contribution in [0.2, 0.25) is 0 Å². The van der Waals surface area contributed by atoms with E-state index < -0.39 is 0 Å². The third-order valence-electron chi connectivity index (χ3n) is 4.37. The second-order valence-electron chi connectivity index (χ2n) is 6.41. The number of amides is 1. The molecular weight excluding hydrogens is 262 g/mol. The number of aliphatic hydroxyl groups excluding tert-OH is 1. The Hall–Kier alpha value is -1.79. The Bertz CT molecular complexity index is 593. The molecule has 3 heteroatoms. The molecule has 1 aromatic carbocycles. The van der Waals surface area contributed by atoms with Gasteiger partial charge in [0.25, 0.3) is 0 Å². The summed E-state index contributed by atoms with van der Waals surface area (Å²) < 4.78 is 0. The predicted molar refractivity (Wildman–Crippen MR) is 84.9 cm³/mol. The van der Waals surface area contributed by atoms with Gasteiger partial charge in [-0.25, -0.2) is 0 Å². The Morgan fingerprint density at radius 3 is 2.81 bits per heavy atom. The normalized spacial score (nSPS) is 19.7. The first-order valence-corrected chi connectivity index (χ1v) is 7.45. The molecule has 0 radical (unpaired) electrons. The number of aryl methyl sites for hydroxylation is 1. The van der Waals surface area contributed by atoms with Gasteiger partial charge in [-0.2, -0.15) is 0 Å². The smallest absolute Gasteiger partial charge is 0.228 e. The maximum atomic E-state index is 12.5. The minimum absolute atomic E-state index is 0.0878. The van der Waals surface area contributed by atoms with Crippen molar-refractivity contribution in [3.8, 4) is 11.8 Å². The fourth-order valence-electron chi connectivity index (χ4n) is 3.06. The zero-order chi connectivity index (χ0) is 15.5. The van der Waals surface area contributed by atoms with Gasteiger partial charge < -0.3 is 10.4 Å². The van der Waals surface area contributed by atoms with Crippen molar-refractivity contribution in [1.29, 1.82) is 0 Å². The van der Waals surface area contributed by atoms with Crippen molar-refractivity contribution >= 4 is 11.6 Å². The first kappa shape index (κ1) is 15.6. The molecule has 0 spiro atoms. The third-order valence-corrected chi connectivity index (χ3v) is 4.37. The van der Waals surface area contributed by atoms with Gasteiger partial charge in [0.2, 0.25) is 5.91 Å². The molecule has 1 aliphatic rings. The van der Waals surface area contributed by atoms with Crippen LogP contribution in [-0.4, -0.2) is 17.6 Å². The first-order chi connectivity index (χ1) is 9.94. The van der Waals surface area contributed by atoms with E-state index in [2.05, 4.69) is 31.0 Å². The molecule has 0 bridgehead atoms. The molecule has 21 heavy (non-hydrogen) atoms. The van der Waals surface area contributed by atoms with Gasteiger partial charge >= 0.3 is 0 Å². The Balaban J connectivity index is 2.11. The van der Waals surface area contributed by atoms with E-state index >= 15 is 0 Å². The van der Waals surface area contributed by atoms with Crippen molar-refractivity contribution < 1.29 is 9.90 Å². The molecule has 1 fully saturated rings. The molecule has 112 valence electrons. The SMILES string of the molecule is Cc1cc(C#CCO)ccc1NC(=O)C1CCCC1(C)C. The third kappa shape index (κ3) is 3.65. The van der Waals surface area contributed by atoms with E-state index in [1.165, 1.54) is 0 Å². The lowest BCUT2D eigenvalue weighted by atomic mass is 9.81. The molecule has 1 amide bonds. The number of nitrogens with one attached hydrogen (secondary N) is 1. The summed E-state index contributed by atoms with van der Waals surface area (Å²) in [6, 6.07) is 5.68. The van der Waals surface area contributed by atoms with E-state index in [1.807, 2.05) is 25.1 Å². The van der Waals surface area contributed by atoms with Gasteiger partial charge in [-0.05, 0) is 48.9 Å². The lowest BCUT2D eigenvalue weighted by Gasteiger charge is -2.26. The number of carbonyl (C=O) groups excluding carboxylic acids is 1. The Labute approximate surface area is 126 Å². The molecule has 1 aliphatic carbocycles. The molecule has 0 aliphatic heterocycles. The summed E-state index contributed by atoms with van der Waals surface area (Å²) in [6.07, 6.45) is 3.21. The van der Waals surface area contributed by atoms with Crippen LogP contribution in [-0.2, 0) is 4.79 Å². The highest BCUT2D eigenvalue weighted by Crippen LogP contribution is 2.43. The Kier molecular flexibility index (Phi) is 4.69. The summed E-state index contributed by atoms with van der Waals surface area (Å²) in [6.45, 7) is 6.16. The van der Waals surface area contributed by atoms with E-state index in [0.29, 0.717) is 0 Å². The summed E-state index contributed by atoms with van der Waals surface area (Å²) in [7, 11) is 0. The molecule has 2 N–H and O–H groups in total. The van der Waals surface area contributed by atoms with Gasteiger partial charge in [-0.15, -0.1) is 0 Å². The standard InChI is InChI=1S/C18H23NO2/c1-13-12-14(6-5-11-20)8-9-16(13)19-17(21)15-7-4-10-18(15,2)3/h8-9,12,15,20H,4,7,10-11H2,1-3H3,(H,19,21). The lowest BCUT2D eigenvalue weighted by molar-refractivity contribution is -0.122. The van der Waals surface area contributed by atoms with Gasteiger partial charge in [0.15, 0.2) is 0 Å². The summed E-state index contributed by atoms with van der Waals surface area (Å²) in [4.78, 5) is 12.5. The molecule has 1 atom stereocenters. The fourth-order valence-corrected chi connectivity index (χ4v) is 3.06. The number of aliphatic hydroxyl groups is 1. The van der Waals surface area contributed by atoms with Gasteiger partial charge in [-0.1, -0.05) is 32.1 Å². The number of hydrogen-bond donors (Lipinski definition) is 2. The first-order valence-electron chi connectivity index (χ1n) is 7.45. The second kappa shape index (κ2) is 6.32. The maximum Gasteiger partial charge on any atom is 0.228 e. The van der Waals surface area contributed by atoms with E-state index in [0.717, 1.165) is 36.1 Å². The molecule has 1 aromatic rings. The average molecular weight is 285 g/mol. The minimum Gasteiger partial charge on any atom is -0.384 e. The van der Waals surface area contributed by atoms with Crippen molar-refractivity contribution in [2.75, 3.05) is 11.9 Å². The van der Waals surface area contributed by atoms with Crippen LogP contribution in [0.25, 0.3) is 0 Å². The van der Waals surface area contributed by atoms with Crippen LogP contribution in [0.3, 0.4) is 0 Å². The van der Waals surface area contributed by atoms with Crippen LogP contribution in [0.4, 0.5) is 5.69 Å². The Morgan fingerprint density at radius 2 is 2.24 bits per heavy atom. The quantitative estimate of drug-likeness (QED) is 0.820. The zero-order valence-electron chi connectivity index (χ0n) is 13.0. The molecule has 0 saturated heterocycles. The Morgan fingerprint density at radius 1 is 1.48 bits per heavy atom. The van der Waals surface area contributed by atoms with Gasteiger partial charge in [0.05, 0.1) is 0 Å². The van der Waals surface area contributed by atoms with E-state index in [1.54, 1.807) is 0 Å². The molecule has 2 rings (SSSR count). The minimum atomic E-state index is -0.145. The molecule has 1 unspecified atom stereocenters. The summed E-state index contributed by atoms with van der Waals surface area (Å²) >= 11 is 0. The summed E-state index contributed by atoms with van der Waals surface area (Å²) in [5.74, 6) is 5.71. The van der Waals surface area contributed by atoms with E-state index in [-0.39, 0.29) is 23.8 Å². The largest absolute Gasteiger partial charge is 0.384 e. The molecular formula is C18H23NO2. The number of rotatable bonds is 2. The topological polar surface area (TPSA) is 49.3 Å². The van der Waals surface area contributed by atoms with E-state index in [9.17, 15) is 4.79 Å². The van der Waals surface area contributed by atoms with Gasteiger partial charge in [-0.3, -0.25) is 4.79 Å². The number of hydrogen-bond acceptors (Lipinski definition) is 2. The summed E-state index contributed by atoms with van der Waals surface area (Å²) in [5.41, 5.74) is 2.77. The molecule has 0 aromatic heterocycles. The highest BCUT2D eigenvalue weighted by atomic mass is 16.2. The van der Waals surface area contributed by atoms with Crippen molar-refractivity contribution in [3.63, 3.8) is 0 Å². The lowest BCUT2D eigenvalue weighted by Crippen LogP contribution is -2.31. The highest BCUT2D eigenvalue weighted by molar-refractivity contribution is 5.94. The van der Waals surface area contributed by atoms with Gasteiger partial charge in [0.1, 0.15) is 6.61 Å². The second-order valence-corrected chi connectivity index (χ2v) is 6.41. The van der Waals surface area contributed by atoms with Crippen LogP contribution in [0.5, 0.6) is 0 Å². The maximum absolute atomic E-state index is 12.5. The number of benzene rings is 1. The van der Waals surface area contributed by atoms with Crippen LogP contribution in [0.15, 0.2) is 18.2 Å². The van der Waals surface area contributed by atoms with Crippen molar-refractivity contribution in [2.24, 2.45) is 11.3 Å². The zero-order valence-corrected chi connectivity index (χ0v) is 13.0. The van der Waals surface area contributed by atoms with Crippen LogP contribution >= 0.6 is 0 Å². The average Bonchev–Trinajstić information content (AvgIpc) is 2.78. The fraction of sp³-hybridized carbons (Fsp3) is 0.500. The van der Waals surface area contributed by atoms with Gasteiger partial charge in [0, 0.05) is 17.2 Å². The number of anilines is 1. The highest BCUT2D eigenvalue weighted by Gasteiger charge is 2.39. The van der Waals surface area contributed by atoms with Crippen molar-refractivity contribution in [3.05, 3.63) is 29.3 Å². The molecule has 3 nitrogen and oxygen atoms in total. The van der Waals surface area contributed by atoms with Crippen LogP contribution < -0.4 is 5.32 Å². The van der Waals surface area contributed by atoms with Crippen LogP contribution in [0, 0.1) is 30.1 Å². The van der Waals surface area contributed by atoms with Crippen molar-refractivity contribution in [2.45, 2.75) is 40.0 Å². The number of carbonyl (C=O) groups is 1. The van der Waals surface area contributed by atoms with Crippen molar-refractivity contribution in [1.82, 2.24) is 0 Å². The van der Waals surface area contributed by atoms with E-state index in [4.69, 9.17) is 5.11 Å². The molecule has 1 saturated carbocycles. The van der Waals surface area contributed by atoms with Crippen LogP contribution in [0.1, 0.15) is 44.2 Å².